The summed E-state index contributed by atoms with van der Waals surface area (Å²) in [7, 11) is 0. The van der Waals surface area contributed by atoms with E-state index in [9.17, 15) is 9.59 Å². The summed E-state index contributed by atoms with van der Waals surface area (Å²) in [5.41, 5.74) is 4.98. The van der Waals surface area contributed by atoms with Gasteiger partial charge in [-0.3, -0.25) is 9.59 Å². The van der Waals surface area contributed by atoms with Gasteiger partial charge >= 0.3 is 0 Å². The van der Waals surface area contributed by atoms with Crippen LogP contribution < -0.4 is 11.1 Å². The number of hydrogen-bond acceptors (Lipinski definition) is 4. The third kappa shape index (κ3) is 5.76. The second-order valence-corrected chi connectivity index (χ2v) is 4.84. The van der Waals surface area contributed by atoms with Gasteiger partial charge in [-0.1, -0.05) is 13.3 Å². The fourth-order valence-corrected chi connectivity index (χ4v) is 1.92. The van der Waals surface area contributed by atoms with Crippen LogP contribution in [0.3, 0.4) is 0 Å². The van der Waals surface area contributed by atoms with E-state index < -0.39 is 5.54 Å². The molecule has 1 unspecified atom stereocenters. The van der Waals surface area contributed by atoms with Crippen molar-refractivity contribution >= 4 is 24.2 Å². The van der Waals surface area contributed by atoms with E-state index in [0.29, 0.717) is 32.7 Å². The van der Waals surface area contributed by atoms with Crippen LogP contribution in [-0.2, 0) is 14.3 Å². The lowest BCUT2D eigenvalue weighted by atomic mass is 9.96. The van der Waals surface area contributed by atoms with Crippen LogP contribution in [0.4, 0.5) is 0 Å². The standard InChI is InChI=1S/C12H23N3O3.ClH/c1-3-4-12(2,13)11(17)14-9-10(16)15-5-7-18-8-6-15;/h3-9,13H2,1-2H3,(H,14,17);1H. The molecule has 0 saturated carbocycles. The molecule has 1 aliphatic heterocycles. The monoisotopic (exact) mass is 293 g/mol. The SMILES string of the molecule is CCCC(C)(N)C(=O)NCC(=O)N1CCOCC1.Cl. The number of hydrogen-bond donors (Lipinski definition) is 2. The molecule has 0 spiro atoms. The molecule has 7 heteroatoms. The molecule has 1 heterocycles. The highest BCUT2D eigenvalue weighted by molar-refractivity contribution is 5.89. The second-order valence-electron chi connectivity index (χ2n) is 4.84. The molecule has 19 heavy (non-hydrogen) atoms. The van der Waals surface area contributed by atoms with Crippen molar-refractivity contribution in [3.63, 3.8) is 0 Å². The first kappa shape index (κ1) is 18.1. The van der Waals surface area contributed by atoms with E-state index in [2.05, 4.69) is 5.32 Å². The molecule has 0 aromatic heterocycles. The Balaban J connectivity index is 0.00000324. The largest absolute Gasteiger partial charge is 0.378 e. The lowest BCUT2D eigenvalue weighted by Gasteiger charge is -2.28. The number of morpholine rings is 1. The van der Waals surface area contributed by atoms with Crippen LogP contribution in [0.1, 0.15) is 26.7 Å². The predicted octanol–water partition coefficient (Wildman–Crippen LogP) is -0.0993. The molecular formula is C12H24ClN3O3. The minimum Gasteiger partial charge on any atom is -0.378 e. The van der Waals surface area contributed by atoms with Gasteiger partial charge in [0, 0.05) is 13.1 Å². The first-order valence-electron chi connectivity index (χ1n) is 6.40. The average molecular weight is 294 g/mol. The van der Waals surface area contributed by atoms with Crippen LogP contribution >= 0.6 is 12.4 Å². The summed E-state index contributed by atoms with van der Waals surface area (Å²) in [6, 6.07) is 0. The fraction of sp³-hybridized carbons (Fsp3) is 0.833. The Morgan fingerprint density at radius 3 is 2.47 bits per heavy atom. The van der Waals surface area contributed by atoms with Gasteiger partial charge in [0.2, 0.25) is 11.8 Å². The Morgan fingerprint density at radius 1 is 1.37 bits per heavy atom. The summed E-state index contributed by atoms with van der Waals surface area (Å²) in [6.07, 6.45) is 1.43. The quantitative estimate of drug-likeness (QED) is 0.741. The molecule has 1 aliphatic rings. The summed E-state index contributed by atoms with van der Waals surface area (Å²) in [4.78, 5) is 25.3. The highest BCUT2D eigenvalue weighted by Gasteiger charge is 2.28. The molecule has 3 N–H and O–H groups in total. The normalized spacial score (nSPS) is 18.2. The molecule has 2 amide bonds. The van der Waals surface area contributed by atoms with Gasteiger partial charge in [0.1, 0.15) is 0 Å². The highest BCUT2D eigenvalue weighted by atomic mass is 35.5. The summed E-state index contributed by atoms with van der Waals surface area (Å²) < 4.78 is 5.16. The Kier molecular flexibility index (Phi) is 7.97. The van der Waals surface area contributed by atoms with Crippen molar-refractivity contribution in [2.45, 2.75) is 32.2 Å². The van der Waals surface area contributed by atoms with E-state index in [1.165, 1.54) is 0 Å². The maximum absolute atomic E-state index is 11.8. The third-order valence-electron chi connectivity index (χ3n) is 3.05. The van der Waals surface area contributed by atoms with Crippen molar-refractivity contribution in [1.29, 1.82) is 0 Å². The minimum atomic E-state index is -0.903. The number of ether oxygens (including phenoxy) is 1. The van der Waals surface area contributed by atoms with Crippen molar-refractivity contribution in [2.24, 2.45) is 5.73 Å². The molecule has 0 radical (unpaired) electrons. The molecule has 1 fully saturated rings. The fourth-order valence-electron chi connectivity index (χ4n) is 1.92. The van der Waals surface area contributed by atoms with Crippen LogP contribution in [-0.4, -0.2) is 55.1 Å². The molecule has 0 aliphatic carbocycles. The van der Waals surface area contributed by atoms with Crippen molar-refractivity contribution in [1.82, 2.24) is 10.2 Å². The Hall–Kier alpha value is -0.850. The summed E-state index contributed by atoms with van der Waals surface area (Å²) >= 11 is 0. The van der Waals surface area contributed by atoms with Gasteiger partial charge in [-0.15, -0.1) is 12.4 Å². The predicted molar refractivity (Wildman–Crippen MR) is 75.2 cm³/mol. The van der Waals surface area contributed by atoms with Gasteiger partial charge in [-0.2, -0.15) is 0 Å². The number of amides is 2. The molecule has 1 rings (SSSR count). The van der Waals surface area contributed by atoms with Gasteiger partial charge in [-0.25, -0.2) is 0 Å². The van der Waals surface area contributed by atoms with E-state index in [0.717, 1.165) is 6.42 Å². The molecule has 112 valence electrons. The van der Waals surface area contributed by atoms with Gasteiger partial charge in [-0.05, 0) is 13.3 Å². The molecule has 1 atom stereocenters. The highest BCUT2D eigenvalue weighted by Crippen LogP contribution is 2.08. The molecular weight excluding hydrogens is 270 g/mol. The first-order valence-corrected chi connectivity index (χ1v) is 6.40. The van der Waals surface area contributed by atoms with Gasteiger partial charge in [0.25, 0.3) is 0 Å². The average Bonchev–Trinajstić information content (AvgIpc) is 2.36. The first-order chi connectivity index (χ1) is 8.47. The van der Waals surface area contributed by atoms with E-state index in [4.69, 9.17) is 10.5 Å². The lowest BCUT2D eigenvalue weighted by molar-refractivity contribution is -0.137. The van der Waals surface area contributed by atoms with Crippen molar-refractivity contribution in [3.05, 3.63) is 0 Å². The molecule has 6 nitrogen and oxygen atoms in total. The Bertz CT molecular complexity index is 305. The van der Waals surface area contributed by atoms with Crippen LogP contribution in [0, 0.1) is 0 Å². The lowest BCUT2D eigenvalue weighted by Crippen LogP contribution is -2.54. The minimum absolute atomic E-state index is 0. The van der Waals surface area contributed by atoms with Gasteiger partial charge < -0.3 is 20.7 Å². The molecule has 0 aromatic rings. The van der Waals surface area contributed by atoms with Crippen LogP contribution in [0.5, 0.6) is 0 Å². The number of halogens is 1. The van der Waals surface area contributed by atoms with Crippen LogP contribution in [0.2, 0.25) is 0 Å². The van der Waals surface area contributed by atoms with E-state index in [1.807, 2.05) is 6.92 Å². The number of nitrogens with one attached hydrogen (secondary N) is 1. The summed E-state index contributed by atoms with van der Waals surface area (Å²) in [5, 5.41) is 2.61. The van der Waals surface area contributed by atoms with E-state index >= 15 is 0 Å². The van der Waals surface area contributed by atoms with Crippen molar-refractivity contribution < 1.29 is 14.3 Å². The van der Waals surface area contributed by atoms with E-state index in [-0.39, 0.29) is 30.8 Å². The maximum atomic E-state index is 11.8. The van der Waals surface area contributed by atoms with Crippen molar-refractivity contribution in [3.8, 4) is 0 Å². The third-order valence-corrected chi connectivity index (χ3v) is 3.05. The van der Waals surface area contributed by atoms with Gasteiger partial charge in [0.15, 0.2) is 0 Å². The topological polar surface area (TPSA) is 84.7 Å². The number of rotatable bonds is 5. The second kappa shape index (κ2) is 8.35. The van der Waals surface area contributed by atoms with E-state index in [1.54, 1.807) is 11.8 Å². The molecule has 1 saturated heterocycles. The van der Waals surface area contributed by atoms with Crippen molar-refractivity contribution in [2.75, 3.05) is 32.8 Å². The zero-order valence-corrected chi connectivity index (χ0v) is 12.4. The van der Waals surface area contributed by atoms with Crippen LogP contribution in [0.15, 0.2) is 0 Å². The number of nitrogens with two attached hydrogens (primary N) is 1. The zero-order valence-electron chi connectivity index (χ0n) is 11.6. The molecule has 0 aromatic carbocycles. The smallest absolute Gasteiger partial charge is 0.242 e. The number of carbonyl (C=O) groups is 2. The van der Waals surface area contributed by atoms with Gasteiger partial charge in [0.05, 0.1) is 25.3 Å². The zero-order chi connectivity index (χ0) is 13.6. The summed E-state index contributed by atoms with van der Waals surface area (Å²) in [6.45, 7) is 5.96. The Labute approximate surface area is 120 Å². The Morgan fingerprint density at radius 2 is 1.95 bits per heavy atom. The molecule has 0 bridgehead atoms. The number of carbonyl (C=O) groups excluding carboxylic acids is 2. The summed E-state index contributed by atoms with van der Waals surface area (Å²) in [5.74, 6) is -0.357. The number of nitrogens with zero attached hydrogens (tertiary/aromatic N) is 1. The van der Waals surface area contributed by atoms with Crippen LogP contribution in [0.25, 0.3) is 0 Å². The maximum Gasteiger partial charge on any atom is 0.242 e.